The minimum absolute atomic E-state index is 0.121. The fraction of sp³-hybridized carbons (Fsp3) is 0.143. The standard InChI is InChI=1S/C28H30N4O2S/c1-17-7-11-21(29)15-24(17)28(25-16-22(30)12-8-18(25)2)20-9-13-23(14-10-20)32-35(33,34)27-6-4-5-26(31)19(27)3/h4-16,28,32H,29-31H2,1-3H3. The maximum atomic E-state index is 13.0. The van der Waals surface area contributed by atoms with E-state index >= 15 is 0 Å². The van der Waals surface area contributed by atoms with Crippen molar-refractivity contribution in [2.24, 2.45) is 0 Å². The van der Waals surface area contributed by atoms with Crippen LogP contribution in [0, 0.1) is 20.8 Å². The van der Waals surface area contributed by atoms with Crippen LogP contribution in [0.2, 0.25) is 0 Å². The molecular weight excluding hydrogens is 456 g/mol. The first-order chi connectivity index (χ1) is 16.6. The van der Waals surface area contributed by atoms with Crippen LogP contribution in [0.1, 0.15) is 39.3 Å². The highest BCUT2D eigenvalue weighted by Gasteiger charge is 2.22. The number of anilines is 4. The number of nitrogen functional groups attached to an aromatic ring is 3. The first-order valence-electron chi connectivity index (χ1n) is 11.3. The Morgan fingerprint density at radius 3 is 1.80 bits per heavy atom. The SMILES string of the molecule is Cc1ccc(N)cc1C(c1ccc(NS(=O)(=O)c2cccc(N)c2C)cc1)c1cc(N)ccc1C. The molecule has 0 unspecified atom stereocenters. The average molecular weight is 487 g/mol. The zero-order valence-corrected chi connectivity index (χ0v) is 20.9. The molecule has 0 saturated carbocycles. The molecule has 0 radical (unpaired) electrons. The molecule has 0 aliphatic rings. The van der Waals surface area contributed by atoms with Crippen LogP contribution in [0.4, 0.5) is 22.7 Å². The molecule has 0 aliphatic heterocycles. The van der Waals surface area contributed by atoms with E-state index in [2.05, 4.69) is 18.6 Å². The lowest BCUT2D eigenvalue weighted by Crippen LogP contribution is -2.15. The molecule has 0 fully saturated rings. The predicted molar refractivity (Wildman–Crippen MR) is 145 cm³/mol. The van der Waals surface area contributed by atoms with Crippen molar-refractivity contribution < 1.29 is 8.42 Å². The van der Waals surface area contributed by atoms with Gasteiger partial charge in [0.25, 0.3) is 10.0 Å². The van der Waals surface area contributed by atoms with Gasteiger partial charge in [0.2, 0.25) is 0 Å². The van der Waals surface area contributed by atoms with Crippen molar-refractivity contribution in [2.75, 3.05) is 21.9 Å². The minimum atomic E-state index is -3.79. The monoisotopic (exact) mass is 486 g/mol. The lowest BCUT2D eigenvalue weighted by molar-refractivity contribution is 0.600. The van der Waals surface area contributed by atoms with Crippen molar-refractivity contribution in [1.82, 2.24) is 0 Å². The van der Waals surface area contributed by atoms with E-state index in [1.807, 2.05) is 48.5 Å². The molecule has 0 aromatic heterocycles. The van der Waals surface area contributed by atoms with Crippen molar-refractivity contribution in [3.63, 3.8) is 0 Å². The molecule has 35 heavy (non-hydrogen) atoms. The molecule has 7 N–H and O–H groups in total. The van der Waals surface area contributed by atoms with Gasteiger partial charge < -0.3 is 17.2 Å². The Morgan fingerprint density at radius 2 is 1.26 bits per heavy atom. The van der Waals surface area contributed by atoms with E-state index in [1.54, 1.807) is 37.3 Å². The molecular formula is C28H30N4O2S. The van der Waals surface area contributed by atoms with Crippen molar-refractivity contribution in [3.8, 4) is 0 Å². The summed E-state index contributed by atoms with van der Waals surface area (Å²) in [5.41, 5.74) is 26.3. The fourth-order valence-corrected chi connectivity index (χ4v) is 5.68. The number of hydrogen-bond donors (Lipinski definition) is 4. The third-order valence-corrected chi connectivity index (χ3v) is 7.87. The predicted octanol–water partition coefficient (Wildman–Crippen LogP) is 5.34. The zero-order chi connectivity index (χ0) is 25.3. The van der Waals surface area contributed by atoms with Crippen LogP contribution in [-0.4, -0.2) is 8.42 Å². The van der Waals surface area contributed by atoms with Crippen molar-refractivity contribution >= 4 is 32.8 Å². The van der Waals surface area contributed by atoms with E-state index < -0.39 is 10.0 Å². The summed E-state index contributed by atoms with van der Waals surface area (Å²) >= 11 is 0. The van der Waals surface area contributed by atoms with E-state index in [1.165, 1.54) is 0 Å². The van der Waals surface area contributed by atoms with Crippen molar-refractivity contribution in [2.45, 2.75) is 31.6 Å². The largest absolute Gasteiger partial charge is 0.399 e. The lowest BCUT2D eigenvalue weighted by atomic mass is 9.81. The molecule has 0 bridgehead atoms. The summed E-state index contributed by atoms with van der Waals surface area (Å²) < 4.78 is 28.7. The maximum absolute atomic E-state index is 13.0. The van der Waals surface area contributed by atoms with Gasteiger partial charge in [-0.05, 0) is 103 Å². The smallest absolute Gasteiger partial charge is 0.262 e. The number of nitrogens with one attached hydrogen (secondary N) is 1. The summed E-state index contributed by atoms with van der Waals surface area (Å²) in [4.78, 5) is 0.158. The van der Waals surface area contributed by atoms with Gasteiger partial charge in [0, 0.05) is 28.7 Å². The van der Waals surface area contributed by atoms with Crippen LogP contribution in [0.25, 0.3) is 0 Å². The Balaban J connectivity index is 1.75. The molecule has 0 saturated heterocycles. The third kappa shape index (κ3) is 4.95. The number of nitrogens with two attached hydrogens (primary N) is 3. The third-order valence-electron chi connectivity index (χ3n) is 6.34. The van der Waals surface area contributed by atoms with Gasteiger partial charge in [-0.3, -0.25) is 4.72 Å². The molecule has 4 rings (SSSR count). The van der Waals surface area contributed by atoms with Crippen molar-refractivity contribution in [1.29, 1.82) is 0 Å². The fourth-order valence-electron chi connectivity index (χ4n) is 4.34. The van der Waals surface area contributed by atoms with Gasteiger partial charge in [0.1, 0.15) is 0 Å². The molecule has 6 nitrogen and oxygen atoms in total. The Kier molecular flexibility index (Phi) is 6.45. The summed E-state index contributed by atoms with van der Waals surface area (Å²) in [6.07, 6.45) is 0. The zero-order valence-electron chi connectivity index (χ0n) is 20.0. The first kappa shape index (κ1) is 24.2. The van der Waals surface area contributed by atoms with Crippen LogP contribution in [0.3, 0.4) is 0 Å². The van der Waals surface area contributed by atoms with Gasteiger partial charge in [-0.15, -0.1) is 0 Å². The van der Waals surface area contributed by atoms with Gasteiger partial charge in [-0.2, -0.15) is 0 Å². The summed E-state index contributed by atoms with van der Waals surface area (Å²) in [5, 5.41) is 0. The van der Waals surface area contributed by atoms with E-state index in [9.17, 15) is 8.42 Å². The van der Waals surface area contributed by atoms with Gasteiger partial charge in [0.05, 0.1) is 4.90 Å². The molecule has 0 amide bonds. The topological polar surface area (TPSA) is 124 Å². The van der Waals surface area contributed by atoms with Gasteiger partial charge in [0.15, 0.2) is 0 Å². The van der Waals surface area contributed by atoms with Crippen LogP contribution >= 0.6 is 0 Å². The highest BCUT2D eigenvalue weighted by molar-refractivity contribution is 7.92. The number of hydrogen-bond acceptors (Lipinski definition) is 5. The number of sulfonamides is 1. The second-order valence-corrected chi connectivity index (χ2v) is 10.5. The van der Waals surface area contributed by atoms with Gasteiger partial charge >= 0.3 is 0 Å². The Morgan fingerprint density at radius 1 is 0.714 bits per heavy atom. The Labute approximate surface area is 206 Å². The Bertz CT molecular complexity index is 1440. The van der Waals surface area contributed by atoms with Crippen LogP contribution in [0.5, 0.6) is 0 Å². The summed E-state index contributed by atoms with van der Waals surface area (Å²) in [6, 6.07) is 24.0. The lowest BCUT2D eigenvalue weighted by Gasteiger charge is -2.24. The highest BCUT2D eigenvalue weighted by Crippen LogP contribution is 2.38. The molecule has 0 atom stereocenters. The van der Waals surface area contributed by atoms with E-state index in [0.717, 1.165) is 27.8 Å². The molecule has 180 valence electrons. The van der Waals surface area contributed by atoms with E-state index in [4.69, 9.17) is 17.2 Å². The average Bonchev–Trinajstić information content (AvgIpc) is 2.81. The van der Waals surface area contributed by atoms with Gasteiger partial charge in [-0.1, -0.05) is 30.3 Å². The molecule has 0 heterocycles. The van der Waals surface area contributed by atoms with E-state index in [0.29, 0.717) is 28.3 Å². The number of aryl methyl sites for hydroxylation is 2. The molecule has 7 heteroatoms. The highest BCUT2D eigenvalue weighted by atomic mass is 32.2. The number of benzene rings is 4. The molecule has 0 aliphatic carbocycles. The van der Waals surface area contributed by atoms with E-state index in [-0.39, 0.29) is 10.8 Å². The minimum Gasteiger partial charge on any atom is -0.399 e. The van der Waals surface area contributed by atoms with Crippen molar-refractivity contribution in [3.05, 3.63) is 112 Å². The van der Waals surface area contributed by atoms with Crippen LogP contribution in [0.15, 0.2) is 83.8 Å². The van der Waals surface area contributed by atoms with Crippen LogP contribution in [-0.2, 0) is 10.0 Å². The van der Waals surface area contributed by atoms with Gasteiger partial charge in [-0.25, -0.2) is 8.42 Å². The quantitative estimate of drug-likeness (QED) is 0.216. The second kappa shape index (κ2) is 9.35. The number of rotatable bonds is 6. The Hall–Kier alpha value is -3.97. The first-order valence-corrected chi connectivity index (χ1v) is 12.7. The molecule has 4 aromatic rings. The maximum Gasteiger partial charge on any atom is 0.262 e. The summed E-state index contributed by atoms with van der Waals surface area (Å²) in [7, 11) is -3.79. The summed E-state index contributed by atoms with van der Waals surface area (Å²) in [6.45, 7) is 5.80. The summed E-state index contributed by atoms with van der Waals surface area (Å²) in [5.74, 6) is -0.121. The molecule has 0 spiro atoms. The normalized spacial score (nSPS) is 11.5. The second-order valence-electron chi connectivity index (χ2n) is 8.86. The van der Waals surface area contributed by atoms with Crippen LogP contribution < -0.4 is 21.9 Å². The molecule has 4 aromatic carbocycles.